The molecule has 0 saturated carbocycles. The molecular weight excluding hydrogens is 521 g/mol. The van der Waals surface area contributed by atoms with Gasteiger partial charge in [-0.05, 0) is 25.7 Å². The van der Waals surface area contributed by atoms with Gasteiger partial charge in [-0.15, -0.1) is 0 Å². The predicted molar refractivity (Wildman–Crippen MR) is 121 cm³/mol. The molecule has 30 heavy (non-hydrogen) atoms. The van der Waals surface area contributed by atoms with E-state index in [9.17, 15) is 14.4 Å². The van der Waals surface area contributed by atoms with Crippen LogP contribution in [0.3, 0.4) is 0 Å². The Morgan fingerprint density at radius 2 is 1.63 bits per heavy atom. The summed E-state index contributed by atoms with van der Waals surface area (Å²) in [4.78, 5) is 39.4. The van der Waals surface area contributed by atoms with Crippen molar-refractivity contribution in [3.05, 3.63) is 11.8 Å². The maximum absolute atomic E-state index is 13.3. The van der Waals surface area contributed by atoms with Crippen molar-refractivity contribution in [2.45, 2.75) is 66.1 Å². The number of alkyl halides is 6. The fourth-order valence-corrected chi connectivity index (χ4v) is 3.36. The van der Waals surface area contributed by atoms with Crippen molar-refractivity contribution in [1.82, 2.24) is 10.2 Å². The molecule has 0 aromatic heterocycles. The fourth-order valence-electron chi connectivity index (χ4n) is 2.71. The Morgan fingerprint density at radius 1 is 1.10 bits per heavy atom. The molecule has 1 rings (SSSR count). The number of ether oxygens (including phenoxy) is 1. The summed E-state index contributed by atoms with van der Waals surface area (Å²) in [6.07, 6.45) is 1.38. The van der Waals surface area contributed by atoms with Gasteiger partial charge in [-0.1, -0.05) is 90.4 Å². The number of nitrogens with zero attached hydrogens (tertiary/aromatic N) is 1. The van der Waals surface area contributed by atoms with Gasteiger partial charge in [-0.25, -0.2) is 0 Å². The Hall–Kier alpha value is -0.110. The van der Waals surface area contributed by atoms with Crippen LogP contribution in [0.1, 0.15) is 46.5 Å². The van der Waals surface area contributed by atoms with Gasteiger partial charge in [0.1, 0.15) is 11.8 Å². The van der Waals surface area contributed by atoms with Crippen molar-refractivity contribution >= 4 is 87.3 Å². The largest absolute Gasteiger partial charge is 0.499 e. The molecule has 0 unspecified atom stereocenters. The first-order valence-corrected chi connectivity index (χ1v) is 11.3. The van der Waals surface area contributed by atoms with Crippen LogP contribution >= 0.6 is 69.6 Å². The molecule has 0 fully saturated rings. The molecule has 3 amide bonds. The summed E-state index contributed by atoms with van der Waals surface area (Å²) in [5, 5.41) is 2.65. The molecule has 12 heteroatoms. The second kappa shape index (κ2) is 10.7. The Bertz CT molecular complexity index is 694. The average Bonchev–Trinajstić information content (AvgIpc) is 2.89. The van der Waals surface area contributed by atoms with E-state index in [0.29, 0.717) is 0 Å². The first kappa shape index (κ1) is 27.9. The highest BCUT2D eigenvalue weighted by atomic mass is 35.6. The monoisotopic (exact) mass is 542 g/mol. The molecule has 1 heterocycles. The van der Waals surface area contributed by atoms with Gasteiger partial charge < -0.3 is 10.1 Å². The summed E-state index contributed by atoms with van der Waals surface area (Å²) in [5.74, 6) is -1.40. The number of halogens is 6. The fraction of sp³-hybridized carbons (Fsp3) is 0.722. The van der Waals surface area contributed by atoms with E-state index in [0.717, 1.165) is 4.90 Å². The molecule has 1 N–H and O–H groups in total. The van der Waals surface area contributed by atoms with E-state index < -0.39 is 42.8 Å². The quantitative estimate of drug-likeness (QED) is 0.453. The highest BCUT2D eigenvalue weighted by Gasteiger charge is 2.43. The minimum absolute atomic E-state index is 0.000421. The molecule has 6 nitrogen and oxygen atoms in total. The average molecular weight is 545 g/mol. The zero-order valence-electron chi connectivity index (χ0n) is 16.9. The van der Waals surface area contributed by atoms with E-state index in [1.165, 1.54) is 13.2 Å². The Morgan fingerprint density at radius 3 is 2.07 bits per heavy atom. The van der Waals surface area contributed by atoms with E-state index in [1.807, 2.05) is 0 Å². The van der Waals surface area contributed by atoms with E-state index in [2.05, 4.69) is 5.32 Å². The lowest BCUT2D eigenvalue weighted by atomic mass is 9.94. The van der Waals surface area contributed by atoms with Gasteiger partial charge >= 0.3 is 0 Å². The van der Waals surface area contributed by atoms with Crippen molar-refractivity contribution in [2.24, 2.45) is 5.41 Å². The Labute approximate surface area is 206 Å². The minimum Gasteiger partial charge on any atom is -0.499 e. The normalized spacial score (nSPS) is 18.9. The summed E-state index contributed by atoms with van der Waals surface area (Å²) in [6, 6.07) is -1.89. The van der Waals surface area contributed by atoms with Crippen molar-refractivity contribution in [3.63, 3.8) is 0 Å². The summed E-state index contributed by atoms with van der Waals surface area (Å²) in [7, 11) is 1.37. The van der Waals surface area contributed by atoms with Gasteiger partial charge in [0.25, 0.3) is 11.8 Å². The number of imide groups is 1. The van der Waals surface area contributed by atoms with Crippen LogP contribution in [0.4, 0.5) is 0 Å². The molecule has 1 aliphatic rings. The highest BCUT2D eigenvalue weighted by Crippen LogP contribution is 2.36. The van der Waals surface area contributed by atoms with E-state index >= 15 is 0 Å². The van der Waals surface area contributed by atoms with Crippen molar-refractivity contribution < 1.29 is 19.1 Å². The van der Waals surface area contributed by atoms with Gasteiger partial charge in [0.15, 0.2) is 7.59 Å². The first-order chi connectivity index (χ1) is 13.5. The molecule has 0 aromatic rings. The zero-order chi connectivity index (χ0) is 23.5. The molecule has 0 spiro atoms. The van der Waals surface area contributed by atoms with Crippen LogP contribution in [0.5, 0.6) is 0 Å². The van der Waals surface area contributed by atoms with Crippen LogP contribution in [-0.2, 0) is 19.1 Å². The molecule has 0 saturated heterocycles. The third kappa shape index (κ3) is 8.79. The molecule has 1 aliphatic heterocycles. The van der Waals surface area contributed by atoms with Gasteiger partial charge in [0, 0.05) is 11.5 Å². The van der Waals surface area contributed by atoms with Crippen molar-refractivity contribution in [1.29, 1.82) is 0 Å². The van der Waals surface area contributed by atoms with Crippen molar-refractivity contribution in [3.8, 4) is 0 Å². The van der Waals surface area contributed by atoms with Crippen LogP contribution in [0.15, 0.2) is 11.8 Å². The van der Waals surface area contributed by atoms with Crippen LogP contribution < -0.4 is 5.32 Å². The van der Waals surface area contributed by atoms with Gasteiger partial charge in [0.05, 0.1) is 13.2 Å². The molecule has 0 aromatic carbocycles. The lowest BCUT2D eigenvalue weighted by Crippen LogP contribution is -2.54. The van der Waals surface area contributed by atoms with Gasteiger partial charge in [-0.2, -0.15) is 0 Å². The maximum atomic E-state index is 13.3. The molecule has 2 atom stereocenters. The number of hydrogen-bond donors (Lipinski definition) is 1. The smallest absolute Gasteiger partial charge is 0.257 e. The molecule has 0 bridgehead atoms. The van der Waals surface area contributed by atoms with Crippen LogP contribution in [-0.4, -0.2) is 49.4 Å². The topological polar surface area (TPSA) is 75.7 Å². The van der Waals surface area contributed by atoms with E-state index in [4.69, 9.17) is 74.3 Å². The van der Waals surface area contributed by atoms with Crippen LogP contribution in [0, 0.1) is 5.41 Å². The maximum Gasteiger partial charge on any atom is 0.257 e. The minimum atomic E-state index is -1.63. The number of carbonyl (C=O) groups is 3. The summed E-state index contributed by atoms with van der Waals surface area (Å²) in [5.41, 5.74) is -0.779. The third-order valence-electron chi connectivity index (χ3n) is 4.32. The van der Waals surface area contributed by atoms with E-state index in [-0.39, 0.29) is 31.4 Å². The lowest BCUT2D eigenvalue weighted by Gasteiger charge is -2.31. The second-order valence-corrected chi connectivity index (χ2v) is 12.9. The molecule has 172 valence electrons. The summed E-state index contributed by atoms with van der Waals surface area (Å²) in [6.45, 7) is 5.07. The number of amides is 3. The number of carbonyl (C=O) groups excluding carboxylic acids is 3. The van der Waals surface area contributed by atoms with Gasteiger partial charge in [-0.3, -0.25) is 19.3 Å². The predicted octanol–water partition coefficient (Wildman–Crippen LogP) is 5.09. The number of nitrogens with one attached hydrogen (secondary N) is 1. The lowest BCUT2D eigenvalue weighted by molar-refractivity contribution is -0.147. The highest BCUT2D eigenvalue weighted by molar-refractivity contribution is 6.67. The SMILES string of the molecule is COC1=CC(=O)N(C(=O)[C@H](CCC(Cl)(Cl)Cl)NC(=O)C(C)(C)C)[C@H]1CCC(Cl)(Cl)Cl. The molecule has 0 radical (unpaired) electrons. The Kier molecular flexibility index (Phi) is 9.93. The standard InChI is InChI=1S/C18H24Cl6N2O4/c1-16(2,3)15(29)25-10(5-7-17(19,20)21)14(28)26-11(6-8-18(22,23)24)12(30-4)9-13(26)27/h9-11H,5-8H2,1-4H3,(H,25,29)/t10-,11-/m0/s1. The van der Waals surface area contributed by atoms with Crippen LogP contribution in [0.2, 0.25) is 0 Å². The van der Waals surface area contributed by atoms with Gasteiger partial charge in [0.2, 0.25) is 5.91 Å². The number of hydrogen-bond acceptors (Lipinski definition) is 4. The van der Waals surface area contributed by atoms with Crippen LogP contribution in [0.25, 0.3) is 0 Å². The Balaban J connectivity index is 3.16. The summed E-state index contributed by atoms with van der Waals surface area (Å²) >= 11 is 35.0. The first-order valence-electron chi connectivity index (χ1n) is 9.03. The molecular formula is C18H24Cl6N2O4. The number of methoxy groups -OCH3 is 1. The summed E-state index contributed by atoms with van der Waals surface area (Å²) < 4.78 is 2.03. The third-order valence-corrected chi connectivity index (χ3v) is 5.45. The van der Waals surface area contributed by atoms with E-state index in [1.54, 1.807) is 20.8 Å². The number of rotatable bonds is 7. The molecule has 0 aliphatic carbocycles. The van der Waals surface area contributed by atoms with Crippen molar-refractivity contribution in [2.75, 3.05) is 7.11 Å². The second-order valence-electron chi connectivity index (χ2n) is 7.90. The zero-order valence-corrected chi connectivity index (χ0v) is 21.4.